The van der Waals surface area contributed by atoms with Crippen LogP contribution in [0.2, 0.25) is 0 Å². The van der Waals surface area contributed by atoms with E-state index in [0.29, 0.717) is 17.2 Å². The topological polar surface area (TPSA) is 56.1 Å². The van der Waals surface area contributed by atoms with Gasteiger partial charge in [-0.3, -0.25) is 9.48 Å². The van der Waals surface area contributed by atoms with E-state index in [1.807, 2.05) is 34.5 Å². The number of amides is 1. The molecule has 0 aliphatic carbocycles. The molecule has 2 heterocycles. The molecule has 0 saturated heterocycles. The number of thiophene rings is 1. The summed E-state index contributed by atoms with van der Waals surface area (Å²) in [5.41, 5.74) is 2.23. The number of nitrogens with one attached hydrogen (secondary N) is 1. The molecule has 0 fully saturated rings. The number of hydrogen-bond donors (Lipinski definition) is 1. The van der Waals surface area contributed by atoms with Crippen molar-refractivity contribution in [1.29, 1.82) is 0 Å². The third-order valence-corrected chi connectivity index (χ3v) is 4.32. The molecule has 23 heavy (non-hydrogen) atoms. The zero-order valence-electron chi connectivity index (χ0n) is 12.7. The lowest BCUT2D eigenvalue weighted by Crippen LogP contribution is -2.21. The molecule has 3 rings (SSSR count). The van der Waals surface area contributed by atoms with Crippen LogP contribution in [0.1, 0.15) is 20.8 Å². The molecule has 0 saturated carbocycles. The predicted octanol–water partition coefficient (Wildman–Crippen LogP) is 2.93. The van der Waals surface area contributed by atoms with E-state index in [9.17, 15) is 4.79 Å². The van der Waals surface area contributed by atoms with E-state index < -0.39 is 0 Å². The van der Waals surface area contributed by atoms with Crippen LogP contribution in [-0.4, -0.2) is 22.8 Å². The van der Waals surface area contributed by atoms with Crippen LogP contribution in [-0.2, 0) is 13.1 Å². The van der Waals surface area contributed by atoms with Gasteiger partial charge in [0.05, 0.1) is 18.5 Å². The summed E-state index contributed by atoms with van der Waals surface area (Å²) in [5, 5.41) is 8.92. The Labute approximate surface area is 138 Å². The van der Waals surface area contributed by atoms with Gasteiger partial charge in [0.1, 0.15) is 5.75 Å². The van der Waals surface area contributed by atoms with Crippen LogP contribution in [0.15, 0.2) is 54.2 Å². The van der Waals surface area contributed by atoms with Crippen molar-refractivity contribution in [2.24, 2.45) is 0 Å². The summed E-state index contributed by atoms with van der Waals surface area (Å²) in [6.07, 6.45) is 3.70. The molecule has 5 nitrogen and oxygen atoms in total. The van der Waals surface area contributed by atoms with Gasteiger partial charge < -0.3 is 10.1 Å². The minimum absolute atomic E-state index is 0.0843. The summed E-state index contributed by atoms with van der Waals surface area (Å²) in [5.74, 6) is 0.627. The molecule has 2 aromatic heterocycles. The monoisotopic (exact) mass is 327 g/mol. The number of rotatable bonds is 6. The maximum absolute atomic E-state index is 12.1. The van der Waals surface area contributed by atoms with Gasteiger partial charge in [-0.2, -0.15) is 5.10 Å². The van der Waals surface area contributed by atoms with Gasteiger partial charge in [-0.1, -0.05) is 24.3 Å². The first-order valence-electron chi connectivity index (χ1n) is 7.20. The average molecular weight is 327 g/mol. The first-order valence-corrected chi connectivity index (χ1v) is 8.08. The summed E-state index contributed by atoms with van der Waals surface area (Å²) < 4.78 is 6.96. The average Bonchev–Trinajstić information content (AvgIpc) is 3.25. The zero-order chi connectivity index (χ0) is 16.1. The van der Waals surface area contributed by atoms with Gasteiger partial charge >= 0.3 is 0 Å². The van der Waals surface area contributed by atoms with Crippen molar-refractivity contribution in [3.63, 3.8) is 0 Å². The third-order valence-electron chi connectivity index (χ3n) is 3.41. The van der Waals surface area contributed by atoms with E-state index in [-0.39, 0.29) is 5.91 Å². The Kier molecular flexibility index (Phi) is 4.73. The van der Waals surface area contributed by atoms with Crippen LogP contribution in [0.3, 0.4) is 0 Å². The zero-order valence-corrected chi connectivity index (χ0v) is 13.5. The molecule has 1 amide bonds. The van der Waals surface area contributed by atoms with Crippen molar-refractivity contribution in [3.8, 4) is 5.75 Å². The summed E-state index contributed by atoms with van der Waals surface area (Å²) in [4.78, 5) is 12.7. The van der Waals surface area contributed by atoms with Crippen LogP contribution in [0.25, 0.3) is 0 Å². The number of nitrogens with zero attached hydrogens (tertiary/aromatic N) is 2. The molecule has 1 N–H and O–H groups in total. The number of aromatic nitrogens is 2. The second kappa shape index (κ2) is 7.11. The third kappa shape index (κ3) is 3.98. The van der Waals surface area contributed by atoms with E-state index in [2.05, 4.69) is 22.5 Å². The van der Waals surface area contributed by atoms with Crippen molar-refractivity contribution in [2.45, 2.75) is 13.1 Å². The summed E-state index contributed by atoms with van der Waals surface area (Å²) in [6, 6.07) is 11.8. The predicted molar refractivity (Wildman–Crippen MR) is 89.8 cm³/mol. The van der Waals surface area contributed by atoms with Gasteiger partial charge in [-0.25, -0.2) is 0 Å². The van der Waals surface area contributed by atoms with Crippen LogP contribution in [0.4, 0.5) is 0 Å². The fraction of sp³-hybridized carbons (Fsp3) is 0.176. The number of hydrogen-bond acceptors (Lipinski definition) is 4. The Hall–Kier alpha value is -2.60. The Morgan fingerprint density at radius 2 is 2.09 bits per heavy atom. The number of carbonyl (C=O) groups is 1. The number of benzene rings is 1. The Balaban J connectivity index is 1.54. The summed E-state index contributed by atoms with van der Waals surface area (Å²) in [6.45, 7) is 1.25. The van der Waals surface area contributed by atoms with Crippen molar-refractivity contribution in [2.75, 3.05) is 7.11 Å². The lowest BCUT2D eigenvalue weighted by molar-refractivity contribution is 0.0954. The lowest BCUT2D eigenvalue weighted by atomic mass is 10.1. The maximum Gasteiger partial charge on any atom is 0.261 e. The SMILES string of the molecule is COc1csc(C(=O)NCc2ccc(Cn3cccn3)cc2)c1. The molecule has 0 atom stereocenters. The van der Waals surface area contributed by atoms with E-state index in [4.69, 9.17) is 4.74 Å². The molecule has 0 radical (unpaired) electrons. The molecule has 0 aliphatic rings. The fourth-order valence-corrected chi connectivity index (χ4v) is 2.93. The smallest absolute Gasteiger partial charge is 0.261 e. The molecular weight excluding hydrogens is 310 g/mol. The van der Waals surface area contributed by atoms with Crippen LogP contribution in [0.5, 0.6) is 5.75 Å². The van der Waals surface area contributed by atoms with Crippen molar-refractivity contribution >= 4 is 17.2 Å². The Morgan fingerprint density at radius 1 is 1.30 bits per heavy atom. The Bertz CT molecular complexity index is 764. The van der Waals surface area contributed by atoms with Gasteiger partial charge in [0.15, 0.2) is 0 Å². The highest BCUT2D eigenvalue weighted by molar-refractivity contribution is 7.12. The van der Waals surface area contributed by atoms with Crippen molar-refractivity contribution in [1.82, 2.24) is 15.1 Å². The lowest BCUT2D eigenvalue weighted by Gasteiger charge is -2.06. The number of carbonyl (C=O) groups excluding carboxylic acids is 1. The standard InChI is InChI=1S/C17H17N3O2S/c1-22-15-9-16(23-12-15)17(21)18-10-13-3-5-14(6-4-13)11-20-8-2-7-19-20/h2-9,12H,10-11H2,1H3,(H,18,21). The molecule has 118 valence electrons. The highest BCUT2D eigenvalue weighted by Gasteiger charge is 2.09. The molecule has 0 spiro atoms. The number of ether oxygens (including phenoxy) is 1. The van der Waals surface area contributed by atoms with Crippen molar-refractivity contribution < 1.29 is 9.53 Å². The summed E-state index contributed by atoms with van der Waals surface area (Å²) >= 11 is 1.38. The van der Waals surface area contributed by atoms with Crippen LogP contribution in [0, 0.1) is 0 Å². The van der Waals surface area contributed by atoms with Crippen LogP contribution >= 0.6 is 11.3 Å². The second-order valence-electron chi connectivity index (χ2n) is 5.05. The highest BCUT2D eigenvalue weighted by atomic mass is 32.1. The minimum atomic E-state index is -0.0843. The largest absolute Gasteiger partial charge is 0.496 e. The van der Waals surface area contributed by atoms with Crippen molar-refractivity contribution in [3.05, 3.63) is 70.2 Å². The molecule has 3 aromatic rings. The van der Waals surface area contributed by atoms with Gasteiger partial charge in [-0.05, 0) is 17.2 Å². The first-order chi connectivity index (χ1) is 11.2. The van der Waals surface area contributed by atoms with Gasteiger partial charge in [0.2, 0.25) is 0 Å². The van der Waals surface area contributed by atoms with E-state index in [1.165, 1.54) is 16.9 Å². The van der Waals surface area contributed by atoms with Gasteiger partial charge in [-0.15, -0.1) is 11.3 Å². The normalized spacial score (nSPS) is 10.5. The van der Waals surface area contributed by atoms with Gasteiger partial charge in [0, 0.05) is 30.4 Å². The molecule has 1 aromatic carbocycles. The molecule has 0 unspecified atom stereocenters. The first kappa shape index (κ1) is 15.3. The quantitative estimate of drug-likeness (QED) is 0.757. The van der Waals surface area contributed by atoms with E-state index >= 15 is 0 Å². The van der Waals surface area contributed by atoms with Gasteiger partial charge in [0.25, 0.3) is 5.91 Å². The Morgan fingerprint density at radius 3 is 2.74 bits per heavy atom. The number of methoxy groups -OCH3 is 1. The fourth-order valence-electron chi connectivity index (χ4n) is 2.16. The van der Waals surface area contributed by atoms with E-state index in [1.54, 1.807) is 19.4 Å². The molecule has 0 aliphatic heterocycles. The highest BCUT2D eigenvalue weighted by Crippen LogP contribution is 2.20. The van der Waals surface area contributed by atoms with Crippen LogP contribution < -0.4 is 10.1 Å². The van der Waals surface area contributed by atoms with E-state index in [0.717, 1.165) is 12.1 Å². The molecule has 6 heteroatoms. The molecular formula is C17H17N3O2S. The minimum Gasteiger partial charge on any atom is -0.496 e. The summed E-state index contributed by atoms with van der Waals surface area (Å²) in [7, 11) is 1.59. The second-order valence-corrected chi connectivity index (χ2v) is 5.96. The molecule has 0 bridgehead atoms. The maximum atomic E-state index is 12.1.